The second-order valence-corrected chi connectivity index (χ2v) is 7.38. The minimum atomic E-state index is -0.675. The van der Waals surface area contributed by atoms with Crippen molar-refractivity contribution in [2.45, 2.75) is 38.6 Å². The number of carbonyl (C=O) groups is 2. The number of hydrazine groups is 1. The van der Waals surface area contributed by atoms with Crippen LogP contribution in [0.1, 0.15) is 53.3 Å². The Labute approximate surface area is 185 Å². The summed E-state index contributed by atoms with van der Waals surface area (Å²) in [5.41, 5.74) is 5.06. The predicted molar refractivity (Wildman–Crippen MR) is 118 cm³/mol. The fourth-order valence-corrected chi connectivity index (χ4v) is 2.91. The monoisotopic (exact) mass is 442 g/mol. The highest BCUT2D eigenvalue weighted by Crippen LogP contribution is 2.31. The van der Waals surface area contributed by atoms with E-state index in [2.05, 4.69) is 23.1 Å². The van der Waals surface area contributed by atoms with E-state index in [1.54, 1.807) is 12.1 Å². The van der Waals surface area contributed by atoms with E-state index in [-0.39, 0.29) is 22.9 Å². The van der Waals surface area contributed by atoms with Crippen molar-refractivity contribution in [3.05, 3.63) is 57.6 Å². The molecule has 2 aromatic rings. The third-order valence-electron chi connectivity index (χ3n) is 4.86. The number of carbonyl (C=O) groups excluding carboxylic acids is 2. The van der Waals surface area contributed by atoms with Crippen molar-refractivity contribution in [2.75, 3.05) is 19.0 Å². The molecular weight excluding hydrogens is 416 g/mol. The molecule has 2 aromatic carbocycles. The van der Waals surface area contributed by atoms with E-state index < -0.39 is 16.7 Å². The van der Waals surface area contributed by atoms with Crippen molar-refractivity contribution in [2.24, 2.45) is 0 Å². The molecule has 1 aliphatic carbocycles. The molecule has 0 unspecified atom stereocenters. The summed E-state index contributed by atoms with van der Waals surface area (Å²) in [5.74, 6) is -0.326. The number of unbranched alkanes of at least 4 members (excludes halogenated alkanes) is 1. The van der Waals surface area contributed by atoms with Crippen LogP contribution in [0.2, 0.25) is 0 Å². The highest BCUT2D eigenvalue weighted by molar-refractivity contribution is 6.00. The number of hydrogen-bond acceptors (Lipinski definition) is 7. The summed E-state index contributed by atoms with van der Waals surface area (Å²) < 4.78 is 10.9. The number of amides is 2. The van der Waals surface area contributed by atoms with Crippen LogP contribution in [-0.4, -0.2) is 36.5 Å². The summed E-state index contributed by atoms with van der Waals surface area (Å²) in [6.45, 7) is 2.59. The lowest BCUT2D eigenvalue weighted by molar-refractivity contribution is -0.384. The Hall–Kier alpha value is -3.82. The zero-order valence-electron chi connectivity index (χ0n) is 18.0. The molecule has 0 aliphatic heterocycles. The van der Waals surface area contributed by atoms with E-state index in [9.17, 15) is 19.7 Å². The number of benzene rings is 2. The molecule has 2 amide bonds. The number of nitro benzene ring substituents is 1. The summed E-state index contributed by atoms with van der Waals surface area (Å²) in [6, 6.07) is 9.05. The maximum atomic E-state index is 12.4. The maximum Gasteiger partial charge on any atom is 0.293 e. The van der Waals surface area contributed by atoms with Gasteiger partial charge >= 0.3 is 0 Å². The molecule has 1 aliphatic rings. The van der Waals surface area contributed by atoms with E-state index >= 15 is 0 Å². The van der Waals surface area contributed by atoms with Crippen LogP contribution in [0.3, 0.4) is 0 Å². The van der Waals surface area contributed by atoms with E-state index in [1.807, 2.05) is 0 Å². The second-order valence-electron chi connectivity index (χ2n) is 7.38. The summed E-state index contributed by atoms with van der Waals surface area (Å²) in [5, 5.41) is 14.4. The molecule has 1 fully saturated rings. The van der Waals surface area contributed by atoms with Crippen LogP contribution in [0, 0.1) is 10.1 Å². The summed E-state index contributed by atoms with van der Waals surface area (Å²) in [6.07, 6.45) is 3.81. The van der Waals surface area contributed by atoms with Crippen molar-refractivity contribution < 1.29 is 24.0 Å². The molecule has 0 saturated heterocycles. The Morgan fingerprint density at radius 1 is 1.06 bits per heavy atom. The predicted octanol–water partition coefficient (Wildman–Crippen LogP) is 3.43. The lowest BCUT2D eigenvalue weighted by Crippen LogP contribution is -2.41. The van der Waals surface area contributed by atoms with Gasteiger partial charge in [-0.1, -0.05) is 13.3 Å². The van der Waals surface area contributed by atoms with Gasteiger partial charge in [0.15, 0.2) is 11.5 Å². The third-order valence-corrected chi connectivity index (χ3v) is 4.86. The minimum absolute atomic E-state index is 0.0515. The Morgan fingerprint density at radius 3 is 2.31 bits per heavy atom. The molecule has 0 atom stereocenters. The molecule has 0 bridgehead atoms. The smallest absolute Gasteiger partial charge is 0.293 e. The third kappa shape index (κ3) is 5.87. The number of methoxy groups -OCH3 is 1. The average Bonchev–Trinajstić information content (AvgIpc) is 3.61. The topological polar surface area (TPSA) is 132 Å². The summed E-state index contributed by atoms with van der Waals surface area (Å²) >= 11 is 0. The fraction of sp³-hybridized carbons (Fsp3) is 0.364. The van der Waals surface area contributed by atoms with Crippen LogP contribution in [0.15, 0.2) is 36.4 Å². The molecule has 3 rings (SSSR count). The minimum Gasteiger partial charge on any atom is -0.493 e. The van der Waals surface area contributed by atoms with Gasteiger partial charge in [-0.15, -0.1) is 0 Å². The molecule has 1 saturated carbocycles. The van der Waals surface area contributed by atoms with E-state index in [0.717, 1.165) is 25.7 Å². The first-order chi connectivity index (χ1) is 15.4. The number of hydrogen-bond donors (Lipinski definition) is 3. The normalized spacial score (nSPS) is 12.6. The van der Waals surface area contributed by atoms with E-state index in [1.165, 1.54) is 31.4 Å². The van der Waals surface area contributed by atoms with Crippen LogP contribution >= 0.6 is 0 Å². The first-order valence-corrected chi connectivity index (χ1v) is 10.4. The molecule has 10 nitrogen and oxygen atoms in total. The van der Waals surface area contributed by atoms with Crippen LogP contribution in [-0.2, 0) is 0 Å². The molecule has 32 heavy (non-hydrogen) atoms. The van der Waals surface area contributed by atoms with Crippen LogP contribution in [0.25, 0.3) is 0 Å². The molecule has 0 heterocycles. The summed E-state index contributed by atoms with van der Waals surface area (Å²) in [7, 11) is 1.47. The van der Waals surface area contributed by atoms with Gasteiger partial charge in [-0.3, -0.25) is 30.6 Å². The van der Waals surface area contributed by atoms with E-state index in [0.29, 0.717) is 23.8 Å². The van der Waals surface area contributed by atoms with Crippen molar-refractivity contribution in [3.8, 4) is 11.5 Å². The standard InChI is InChI=1S/C22H26N4O6/c1-3-4-11-32-19-10-6-15(13-20(19)31-2)22(28)25-24-21(27)14-5-9-17(23-16-7-8-16)18(12-14)26(29)30/h5-6,9-10,12-13,16,23H,3-4,7-8,11H2,1-2H3,(H,24,27)(H,25,28). The van der Waals surface area contributed by atoms with E-state index in [4.69, 9.17) is 9.47 Å². The number of ether oxygens (including phenoxy) is 2. The van der Waals surface area contributed by atoms with Gasteiger partial charge in [0.1, 0.15) is 5.69 Å². The molecule has 3 N–H and O–H groups in total. The lowest BCUT2D eigenvalue weighted by atomic mass is 10.1. The quantitative estimate of drug-likeness (QED) is 0.292. The first-order valence-electron chi connectivity index (χ1n) is 10.4. The highest BCUT2D eigenvalue weighted by atomic mass is 16.6. The number of rotatable bonds is 10. The molecule has 0 aromatic heterocycles. The van der Waals surface area contributed by atoms with Gasteiger partial charge in [0.25, 0.3) is 17.5 Å². The number of nitrogens with zero attached hydrogens (tertiary/aromatic N) is 1. The SMILES string of the molecule is CCCCOc1ccc(C(=O)NNC(=O)c2ccc(NC3CC3)c([N+](=O)[O-])c2)cc1OC. The van der Waals surface area contributed by atoms with Crippen molar-refractivity contribution >= 4 is 23.2 Å². The molecule has 170 valence electrons. The molecule has 10 heteroatoms. The number of nitro groups is 1. The largest absolute Gasteiger partial charge is 0.493 e. The van der Waals surface area contributed by atoms with Crippen LogP contribution in [0.5, 0.6) is 11.5 Å². The van der Waals surface area contributed by atoms with Gasteiger partial charge in [0.2, 0.25) is 0 Å². The van der Waals surface area contributed by atoms with Crippen molar-refractivity contribution in [3.63, 3.8) is 0 Å². The summed E-state index contributed by atoms with van der Waals surface area (Å²) in [4.78, 5) is 35.7. The van der Waals surface area contributed by atoms with Crippen LogP contribution < -0.4 is 25.6 Å². The lowest BCUT2D eigenvalue weighted by Gasteiger charge is -2.13. The van der Waals surface area contributed by atoms with Crippen LogP contribution in [0.4, 0.5) is 11.4 Å². The number of anilines is 1. The Bertz CT molecular complexity index is 1010. The van der Waals surface area contributed by atoms with Gasteiger partial charge in [0, 0.05) is 23.2 Å². The van der Waals surface area contributed by atoms with Gasteiger partial charge in [-0.25, -0.2) is 0 Å². The zero-order chi connectivity index (χ0) is 23.1. The highest BCUT2D eigenvalue weighted by Gasteiger charge is 2.25. The van der Waals surface area contributed by atoms with Crippen molar-refractivity contribution in [1.82, 2.24) is 10.9 Å². The molecule has 0 radical (unpaired) electrons. The Balaban J connectivity index is 1.63. The Morgan fingerprint density at radius 2 is 1.72 bits per heavy atom. The Kier molecular flexibility index (Phi) is 7.48. The van der Waals surface area contributed by atoms with Gasteiger partial charge in [-0.2, -0.15) is 0 Å². The van der Waals surface area contributed by atoms with Gasteiger partial charge in [0.05, 0.1) is 18.6 Å². The average molecular weight is 442 g/mol. The van der Waals surface area contributed by atoms with Gasteiger partial charge < -0.3 is 14.8 Å². The zero-order valence-corrected chi connectivity index (χ0v) is 18.0. The second kappa shape index (κ2) is 10.5. The first kappa shape index (κ1) is 22.9. The fourth-order valence-electron chi connectivity index (χ4n) is 2.91. The molecular formula is C22H26N4O6. The number of nitrogens with one attached hydrogen (secondary N) is 3. The van der Waals surface area contributed by atoms with Crippen molar-refractivity contribution in [1.29, 1.82) is 0 Å². The molecule has 0 spiro atoms. The maximum absolute atomic E-state index is 12.4. The van der Waals surface area contributed by atoms with Gasteiger partial charge in [-0.05, 0) is 49.6 Å².